The first-order valence-corrected chi connectivity index (χ1v) is 9.56. The van der Waals surface area contributed by atoms with Gasteiger partial charge in [0.15, 0.2) is 0 Å². The zero-order valence-corrected chi connectivity index (χ0v) is 16.4. The minimum atomic E-state index is -0.534. The van der Waals surface area contributed by atoms with Crippen molar-refractivity contribution in [3.63, 3.8) is 0 Å². The molecule has 4 rings (SSSR count). The van der Waals surface area contributed by atoms with Gasteiger partial charge in [0.1, 0.15) is 23.6 Å². The number of rotatable bonds is 7. The van der Waals surface area contributed by atoms with Gasteiger partial charge in [-0.2, -0.15) is 0 Å². The van der Waals surface area contributed by atoms with Crippen LogP contribution in [0.1, 0.15) is 34.5 Å². The van der Waals surface area contributed by atoms with Crippen LogP contribution in [0.15, 0.2) is 67.0 Å². The molecule has 0 fully saturated rings. The van der Waals surface area contributed by atoms with E-state index >= 15 is 0 Å². The average molecular weight is 402 g/mol. The molecule has 0 saturated heterocycles. The number of hydrogen-bond acceptors (Lipinski definition) is 6. The largest absolute Gasteiger partial charge is 0.367 e. The van der Waals surface area contributed by atoms with E-state index < -0.39 is 5.91 Å². The number of aromatic nitrogens is 3. The predicted octanol–water partition coefficient (Wildman–Crippen LogP) is 3.86. The van der Waals surface area contributed by atoms with E-state index in [2.05, 4.69) is 44.6 Å². The first-order valence-electron chi connectivity index (χ1n) is 9.56. The Hall–Kier alpha value is -3.91. The van der Waals surface area contributed by atoms with E-state index in [-0.39, 0.29) is 6.04 Å². The van der Waals surface area contributed by atoms with Crippen molar-refractivity contribution in [2.75, 3.05) is 10.6 Å². The highest BCUT2D eigenvalue weighted by molar-refractivity contribution is 5.93. The Balaban J connectivity index is 1.47. The van der Waals surface area contributed by atoms with Gasteiger partial charge in [-0.3, -0.25) is 10.0 Å². The molecule has 8 nitrogen and oxygen atoms in total. The summed E-state index contributed by atoms with van der Waals surface area (Å²) in [6, 6.07) is 19.2. The lowest BCUT2D eigenvalue weighted by Crippen LogP contribution is -2.18. The number of nitrogens with zero attached hydrogens (tertiary/aromatic N) is 2. The lowest BCUT2D eigenvalue weighted by molar-refractivity contribution is 0.0706. The first-order chi connectivity index (χ1) is 14.6. The molecule has 0 spiro atoms. The number of carbonyl (C=O) groups is 1. The Morgan fingerprint density at radius 1 is 1.10 bits per heavy atom. The molecule has 0 aliphatic rings. The van der Waals surface area contributed by atoms with Crippen molar-refractivity contribution >= 4 is 28.6 Å². The Morgan fingerprint density at radius 3 is 2.60 bits per heavy atom. The highest BCUT2D eigenvalue weighted by atomic mass is 16.5. The normalized spacial score (nSPS) is 11.8. The van der Waals surface area contributed by atoms with Gasteiger partial charge in [-0.25, -0.2) is 15.4 Å². The summed E-state index contributed by atoms with van der Waals surface area (Å²) in [6.07, 6.45) is 1.54. The van der Waals surface area contributed by atoms with Gasteiger partial charge in [0.2, 0.25) is 0 Å². The molecular weight excluding hydrogens is 380 g/mol. The number of hydroxylamine groups is 1. The van der Waals surface area contributed by atoms with E-state index in [0.29, 0.717) is 12.1 Å². The molecule has 30 heavy (non-hydrogen) atoms. The van der Waals surface area contributed by atoms with Gasteiger partial charge >= 0.3 is 0 Å². The first kappa shape index (κ1) is 19.4. The van der Waals surface area contributed by atoms with Crippen LogP contribution in [-0.4, -0.2) is 26.1 Å². The van der Waals surface area contributed by atoms with Crippen molar-refractivity contribution in [3.05, 3.63) is 83.7 Å². The topological polar surface area (TPSA) is 115 Å². The molecule has 0 radical (unpaired) electrons. The molecule has 1 amide bonds. The van der Waals surface area contributed by atoms with E-state index in [1.54, 1.807) is 17.6 Å². The maximum atomic E-state index is 11.4. The fraction of sp³-hybridized carbons (Fsp3) is 0.136. The molecule has 4 aromatic rings. The van der Waals surface area contributed by atoms with Crippen LogP contribution in [-0.2, 0) is 6.54 Å². The zero-order valence-electron chi connectivity index (χ0n) is 16.4. The van der Waals surface area contributed by atoms with Crippen molar-refractivity contribution in [1.29, 1.82) is 0 Å². The lowest BCUT2D eigenvalue weighted by Gasteiger charge is -2.15. The average Bonchev–Trinajstić information content (AvgIpc) is 3.22. The molecule has 0 bridgehead atoms. The quantitative estimate of drug-likeness (QED) is 0.237. The monoisotopic (exact) mass is 402 g/mol. The Kier molecular flexibility index (Phi) is 5.58. The summed E-state index contributed by atoms with van der Waals surface area (Å²) in [5, 5.41) is 16.4. The molecule has 0 aliphatic heterocycles. The van der Waals surface area contributed by atoms with Crippen LogP contribution in [0, 0.1) is 0 Å². The highest BCUT2D eigenvalue weighted by Gasteiger charge is 2.12. The zero-order chi connectivity index (χ0) is 20.9. The number of anilines is 2. The fourth-order valence-corrected chi connectivity index (χ4v) is 3.22. The van der Waals surface area contributed by atoms with Crippen molar-refractivity contribution < 1.29 is 10.0 Å². The third kappa shape index (κ3) is 4.23. The van der Waals surface area contributed by atoms with Gasteiger partial charge in [-0.05, 0) is 36.2 Å². The van der Waals surface area contributed by atoms with Crippen LogP contribution >= 0.6 is 0 Å². The van der Waals surface area contributed by atoms with E-state index in [4.69, 9.17) is 5.21 Å². The molecule has 0 unspecified atom stereocenters. The number of hydrogen-bond donors (Lipinski definition) is 5. The van der Waals surface area contributed by atoms with Crippen molar-refractivity contribution in [1.82, 2.24) is 20.4 Å². The summed E-state index contributed by atoms with van der Waals surface area (Å²) < 4.78 is 0. The van der Waals surface area contributed by atoms with E-state index in [1.807, 2.05) is 36.4 Å². The summed E-state index contributed by atoms with van der Waals surface area (Å²) in [6.45, 7) is 2.65. The molecule has 0 saturated carbocycles. The third-order valence-corrected chi connectivity index (χ3v) is 4.88. The molecule has 8 heteroatoms. The van der Waals surface area contributed by atoms with Crippen LogP contribution in [0.4, 0.5) is 11.6 Å². The molecule has 5 N–H and O–H groups in total. The minimum absolute atomic E-state index is 0.102. The molecule has 2 heterocycles. The number of aromatic amines is 1. The third-order valence-electron chi connectivity index (χ3n) is 4.88. The number of amides is 1. The molecule has 152 valence electrons. The highest BCUT2D eigenvalue weighted by Crippen LogP contribution is 2.26. The van der Waals surface area contributed by atoms with Gasteiger partial charge < -0.3 is 15.6 Å². The summed E-state index contributed by atoms with van der Waals surface area (Å²) in [4.78, 5) is 23.4. The molecule has 2 aromatic heterocycles. The molecular formula is C22H22N6O2. The van der Waals surface area contributed by atoms with Gasteiger partial charge in [0, 0.05) is 18.2 Å². The van der Waals surface area contributed by atoms with Crippen LogP contribution < -0.4 is 16.1 Å². The molecule has 1 atom stereocenters. The van der Waals surface area contributed by atoms with Gasteiger partial charge in [-0.1, -0.05) is 42.5 Å². The Bertz CT molecular complexity index is 1140. The van der Waals surface area contributed by atoms with Crippen molar-refractivity contribution in [3.8, 4) is 0 Å². The molecule has 2 aromatic carbocycles. The van der Waals surface area contributed by atoms with Crippen LogP contribution in [0.3, 0.4) is 0 Å². The standard InChI is InChI=1S/C22H22N6O2/c1-14(16-5-3-2-4-6-16)26-20-18-11-19(27-21(18)25-13-24-20)23-12-15-7-9-17(10-8-15)22(29)28-30/h2-11,13-14,23,30H,12H2,1H3,(H,28,29)(H2,24,25,26,27)/t14-/m1/s1. The fourth-order valence-electron chi connectivity index (χ4n) is 3.22. The number of H-pyrrole nitrogens is 1. The predicted molar refractivity (Wildman–Crippen MR) is 115 cm³/mol. The second kappa shape index (κ2) is 8.62. The maximum absolute atomic E-state index is 11.4. The Morgan fingerprint density at radius 2 is 1.87 bits per heavy atom. The van der Waals surface area contributed by atoms with Crippen LogP contribution in [0.5, 0.6) is 0 Å². The summed E-state index contributed by atoms with van der Waals surface area (Å²) in [5.74, 6) is 1.05. The smallest absolute Gasteiger partial charge is 0.274 e. The number of fused-ring (bicyclic) bond motifs is 1. The van der Waals surface area contributed by atoms with Gasteiger partial charge in [-0.15, -0.1) is 0 Å². The number of benzene rings is 2. The number of nitrogens with one attached hydrogen (secondary N) is 4. The SMILES string of the molecule is C[C@@H](Nc1ncnc2[nH]c(NCc3ccc(C(=O)NO)cc3)cc12)c1ccccc1. The van der Waals surface area contributed by atoms with Crippen molar-refractivity contribution in [2.45, 2.75) is 19.5 Å². The van der Waals surface area contributed by atoms with Gasteiger partial charge in [0.25, 0.3) is 5.91 Å². The lowest BCUT2D eigenvalue weighted by atomic mass is 10.1. The van der Waals surface area contributed by atoms with E-state index in [0.717, 1.165) is 28.2 Å². The van der Waals surface area contributed by atoms with E-state index in [1.165, 1.54) is 11.9 Å². The maximum Gasteiger partial charge on any atom is 0.274 e. The van der Waals surface area contributed by atoms with Crippen LogP contribution in [0.2, 0.25) is 0 Å². The van der Waals surface area contributed by atoms with Gasteiger partial charge in [0.05, 0.1) is 5.39 Å². The Labute approximate surface area is 173 Å². The summed E-state index contributed by atoms with van der Waals surface area (Å²) in [7, 11) is 0. The second-order valence-electron chi connectivity index (χ2n) is 6.94. The summed E-state index contributed by atoms with van der Waals surface area (Å²) in [5.41, 5.74) is 4.93. The van der Waals surface area contributed by atoms with Crippen LogP contribution in [0.25, 0.3) is 11.0 Å². The minimum Gasteiger partial charge on any atom is -0.367 e. The summed E-state index contributed by atoms with van der Waals surface area (Å²) >= 11 is 0. The second-order valence-corrected chi connectivity index (χ2v) is 6.94. The van der Waals surface area contributed by atoms with Crippen molar-refractivity contribution in [2.24, 2.45) is 0 Å². The molecule has 0 aliphatic carbocycles. The van der Waals surface area contributed by atoms with E-state index in [9.17, 15) is 4.79 Å². The number of carbonyl (C=O) groups excluding carboxylic acids is 1.